The molecule has 0 nitrogen and oxygen atoms in total. The van der Waals surface area contributed by atoms with Gasteiger partial charge in [0.15, 0.2) is 0 Å². The third-order valence-corrected chi connectivity index (χ3v) is 4.38. The van der Waals surface area contributed by atoms with Crippen molar-refractivity contribution in [3.05, 3.63) is 35.4 Å². The summed E-state index contributed by atoms with van der Waals surface area (Å²) in [6.07, 6.45) is 22.2. The first-order valence-electron chi connectivity index (χ1n) is 9.38. The second kappa shape index (κ2) is 13.4. The smallest absolute Gasteiger partial charge is 0.00861 e. The van der Waals surface area contributed by atoms with Gasteiger partial charge in [-0.3, -0.25) is 0 Å². The van der Waals surface area contributed by atoms with Crippen molar-refractivity contribution >= 4 is 0 Å². The molecule has 1 aromatic carbocycles. The van der Waals surface area contributed by atoms with Gasteiger partial charge < -0.3 is 0 Å². The molecule has 0 saturated carbocycles. The van der Waals surface area contributed by atoms with Gasteiger partial charge in [0.25, 0.3) is 0 Å². The SMILES string of the molecule is C#CCCCCc1ccc(CCCCCCCCCC)cc1. The third kappa shape index (κ3) is 9.67. The number of terminal acetylenes is 1. The van der Waals surface area contributed by atoms with Crippen LogP contribution in [0.5, 0.6) is 0 Å². The van der Waals surface area contributed by atoms with E-state index in [1.165, 1.54) is 81.8 Å². The van der Waals surface area contributed by atoms with Crippen molar-refractivity contribution in [2.45, 2.75) is 90.4 Å². The molecule has 0 aliphatic heterocycles. The summed E-state index contributed by atoms with van der Waals surface area (Å²) in [5.74, 6) is 2.71. The van der Waals surface area contributed by atoms with Crippen LogP contribution in [0.3, 0.4) is 0 Å². The predicted molar refractivity (Wildman–Crippen MR) is 99.1 cm³/mol. The number of benzene rings is 1. The van der Waals surface area contributed by atoms with Gasteiger partial charge in [-0.05, 0) is 43.2 Å². The van der Waals surface area contributed by atoms with E-state index in [0.29, 0.717) is 0 Å². The van der Waals surface area contributed by atoms with Crippen LogP contribution in [0.1, 0.15) is 88.7 Å². The van der Waals surface area contributed by atoms with E-state index >= 15 is 0 Å². The van der Waals surface area contributed by atoms with Crippen molar-refractivity contribution in [1.29, 1.82) is 0 Å². The maximum Gasteiger partial charge on any atom is 0.00861 e. The zero-order chi connectivity index (χ0) is 15.9. The average Bonchev–Trinajstić information content (AvgIpc) is 2.55. The number of hydrogen-bond acceptors (Lipinski definition) is 0. The second-order valence-electron chi connectivity index (χ2n) is 6.45. The molecular weight excluding hydrogens is 264 g/mol. The van der Waals surface area contributed by atoms with E-state index in [4.69, 9.17) is 6.42 Å². The van der Waals surface area contributed by atoms with Gasteiger partial charge in [-0.15, -0.1) is 12.3 Å². The zero-order valence-electron chi connectivity index (χ0n) is 14.6. The molecule has 0 fully saturated rings. The molecule has 0 saturated heterocycles. The fraction of sp³-hybridized carbons (Fsp3) is 0.636. The van der Waals surface area contributed by atoms with Crippen molar-refractivity contribution in [3.63, 3.8) is 0 Å². The highest BCUT2D eigenvalue weighted by Gasteiger charge is 1.97. The van der Waals surface area contributed by atoms with E-state index in [-0.39, 0.29) is 0 Å². The summed E-state index contributed by atoms with van der Waals surface area (Å²) in [6.45, 7) is 2.28. The minimum atomic E-state index is 0.913. The van der Waals surface area contributed by atoms with Crippen LogP contribution in [0, 0.1) is 12.3 Å². The maximum absolute atomic E-state index is 5.28. The summed E-state index contributed by atoms with van der Waals surface area (Å²) < 4.78 is 0. The van der Waals surface area contributed by atoms with Crippen LogP contribution in [-0.4, -0.2) is 0 Å². The van der Waals surface area contributed by atoms with Gasteiger partial charge in [-0.1, -0.05) is 76.1 Å². The van der Waals surface area contributed by atoms with Gasteiger partial charge in [0.1, 0.15) is 0 Å². The second-order valence-corrected chi connectivity index (χ2v) is 6.45. The molecule has 0 radical (unpaired) electrons. The van der Waals surface area contributed by atoms with E-state index in [9.17, 15) is 0 Å². The van der Waals surface area contributed by atoms with Gasteiger partial charge in [-0.2, -0.15) is 0 Å². The Hall–Kier alpha value is -1.22. The maximum atomic E-state index is 5.28. The van der Waals surface area contributed by atoms with E-state index in [1.807, 2.05) is 0 Å². The van der Waals surface area contributed by atoms with E-state index in [0.717, 1.165) is 12.8 Å². The summed E-state index contributed by atoms with van der Waals surface area (Å²) in [5, 5.41) is 0. The molecule has 22 heavy (non-hydrogen) atoms. The fourth-order valence-corrected chi connectivity index (χ4v) is 2.89. The number of aryl methyl sites for hydroxylation is 2. The van der Waals surface area contributed by atoms with Crippen molar-refractivity contribution in [3.8, 4) is 12.3 Å². The van der Waals surface area contributed by atoms with Crippen LogP contribution in [0.15, 0.2) is 24.3 Å². The number of unbranched alkanes of at least 4 members (excludes halogenated alkanes) is 9. The van der Waals surface area contributed by atoms with Crippen LogP contribution in [0.25, 0.3) is 0 Å². The molecule has 1 aromatic rings. The molecule has 0 aliphatic rings. The zero-order valence-corrected chi connectivity index (χ0v) is 14.6. The Balaban J connectivity index is 2.05. The lowest BCUT2D eigenvalue weighted by Crippen LogP contribution is -1.89. The molecule has 1 rings (SSSR count). The Labute approximate surface area is 138 Å². The monoisotopic (exact) mass is 298 g/mol. The van der Waals surface area contributed by atoms with Gasteiger partial charge in [0.05, 0.1) is 0 Å². The standard InChI is InChI=1S/C22H34/c1-3-5-7-9-10-11-12-14-16-22-19-17-21(18-20-22)15-13-8-6-4-2/h2,17-20H,3,5-16H2,1H3. The molecule has 0 heteroatoms. The molecule has 0 atom stereocenters. The average molecular weight is 299 g/mol. The Morgan fingerprint density at radius 2 is 1.14 bits per heavy atom. The van der Waals surface area contributed by atoms with Gasteiger partial charge in [-0.25, -0.2) is 0 Å². The molecule has 0 bridgehead atoms. The Kier molecular flexibility index (Phi) is 11.5. The van der Waals surface area contributed by atoms with E-state index in [1.54, 1.807) is 0 Å². The van der Waals surface area contributed by atoms with Gasteiger partial charge in [0.2, 0.25) is 0 Å². The normalized spacial score (nSPS) is 10.5. The Morgan fingerprint density at radius 3 is 1.64 bits per heavy atom. The first-order chi connectivity index (χ1) is 10.9. The highest BCUT2D eigenvalue weighted by Crippen LogP contribution is 2.13. The lowest BCUT2D eigenvalue weighted by atomic mass is 10.0. The van der Waals surface area contributed by atoms with Gasteiger partial charge in [0, 0.05) is 6.42 Å². The van der Waals surface area contributed by atoms with Crippen molar-refractivity contribution in [2.24, 2.45) is 0 Å². The predicted octanol–water partition coefficient (Wildman–Crippen LogP) is 6.72. The largest absolute Gasteiger partial charge is 0.120 e. The van der Waals surface area contributed by atoms with Crippen molar-refractivity contribution in [2.75, 3.05) is 0 Å². The molecular formula is C22H34. The highest BCUT2D eigenvalue weighted by atomic mass is 14.0. The Bertz CT molecular complexity index is 393. The van der Waals surface area contributed by atoms with Crippen molar-refractivity contribution in [1.82, 2.24) is 0 Å². The van der Waals surface area contributed by atoms with Crippen LogP contribution in [0.4, 0.5) is 0 Å². The summed E-state index contributed by atoms with van der Waals surface area (Å²) in [5.41, 5.74) is 2.95. The van der Waals surface area contributed by atoms with Crippen molar-refractivity contribution < 1.29 is 0 Å². The molecule has 0 spiro atoms. The van der Waals surface area contributed by atoms with Crippen LogP contribution in [0.2, 0.25) is 0 Å². The van der Waals surface area contributed by atoms with Crippen LogP contribution >= 0.6 is 0 Å². The van der Waals surface area contributed by atoms with Gasteiger partial charge >= 0.3 is 0 Å². The van der Waals surface area contributed by atoms with E-state index < -0.39 is 0 Å². The molecule has 0 aliphatic carbocycles. The highest BCUT2D eigenvalue weighted by molar-refractivity contribution is 5.22. The number of hydrogen-bond donors (Lipinski definition) is 0. The summed E-state index contributed by atoms with van der Waals surface area (Å²) in [6, 6.07) is 9.24. The number of rotatable bonds is 13. The molecule has 0 unspecified atom stereocenters. The summed E-state index contributed by atoms with van der Waals surface area (Å²) in [7, 11) is 0. The van der Waals surface area contributed by atoms with E-state index in [2.05, 4.69) is 37.1 Å². The molecule has 0 amide bonds. The topological polar surface area (TPSA) is 0 Å². The lowest BCUT2D eigenvalue weighted by Gasteiger charge is -2.05. The first kappa shape index (κ1) is 18.8. The lowest BCUT2D eigenvalue weighted by molar-refractivity contribution is 0.575. The fourth-order valence-electron chi connectivity index (χ4n) is 2.89. The minimum absolute atomic E-state index is 0.913. The molecule has 0 N–H and O–H groups in total. The summed E-state index contributed by atoms with van der Waals surface area (Å²) in [4.78, 5) is 0. The molecule has 0 heterocycles. The molecule has 0 aromatic heterocycles. The Morgan fingerprint density at radius 1 is 0.682 bits per heavy atom. The third-order valence-electron chi connectivity index (χ3n) is 4.38. The van der Waals surface area contributed by atoms with Crippen LogP contribution < -0.4 is 0 Å². The minimum Gasteiger partial charge on any atom is -0.120 e. The van der Waals surface area contributed by atoms with Crippen LogP contribution in [-0.2, 0) is 12.8 Å². The first-order valence-corrected chi connectivity index (χ1v) is 9.38. The summed E-state index contributed by atoms with van der Waals surface area (Å²) >= 11 is 0. The molecule has 122 valence electrons. The quantitative estimate of drug-likeness (QED) is 0.280.